The van der Waals surface area contributed by atoms with Crippen LogP contribution in [0.2, 0.25) is 0 Å². The van der Waals surface area contributed by atoms with E-state index in [0.717, 1.165) is 23.8 Å². The van der Waals surface area contributed by atoms with Crippen molar-refractivity contribution >= 4 is 18.0 Å². The Kier molecular flexibility index (Phi) is 5.75. The van der Waals surface area contributed by atoms with E-state index in [9.17, 15) is 14.7 Å². The number of carboxylic acid groups (broad SMARTS) is 1. The predicted molar refractivity (Wildman–Crippen MR) is 78.7 cm³/mol. The molecule has 0 saturated carbocycles. The van der Waals surface area contributed by atoms with Gasteiger partial charge in [0.1, 0.15) is 17.2 Å². The summed E-state index contributed by atoms with van der Waals surface area (Å²) in [5, 5.41) is 11.7. The number of rotatable bonds is 5. The lowest BCUT2D eigenvalue weighted by atomic mass is 10.2. The van der Waals surface area contributed by atoms with E-state index in [0.29, 0.717) is 12.2 Å². The lowest BCUT2D eigenvalue weighted by Gasteiger charge is -2.19. The molecular formula is C14H23N3O4. The molecule has 0 saturated heterocycles. The number of imidazole rings is 1. The molecule has 1 aromatic heterocycles. The van der Waals surface area contributed by atoms with Crippen LogP contribution in [0.4, 0.5) is 15.4 Å². The highest BCUT2D eigenvalue weighted by Gasteiger charge is 2.21. The molecule has 0 atom stereocenters. The van der Waals surface area contributed by atoms with Crippen molar-refractivity contribution in [1.29, 1.82) is 0 Å². The van der Waals surface area contributed by atoms with Gasteiger partial charge in [0, 0.05) is 6.42 Å². The fourth-order valence-corrected chi connectivity index (χ4v) is 1.81. The first-order chi connectivity index (χ1) is 9.74. The van der Waals surface area contributed by atoms with Gasteiger partial charge in [0.05, 0.1) is 6.20 Å². The monoisotopic (exact) mass is 297 g/mol. The van der Waals surface area contributed by atoms with Crippen molar-refractivity contribution in [3.05, 3.63) is 12.0 Å². The maximum Gasteiger partial charge on any atom is 0.418 e. The van der Waals surface area contributed by atoms with Crippen LogP contribution in [0, 0.1) is 0 Å². The molecule has 1 heterocycles. The molecule has 21 heavy (non-hydrogen) atoms. The van der Waals surface area contributed by atoms with Crippen LogP contribution in [0.3, 0.4) is 0 Å². The zero-order valence-electron chi connectivity index (χ0n) is 13.0. The van der Waals surface area contributed by atoms with E-state index >= 15 is 0 Å². The molecule has 0 radical (unpaired) electrons. The standard InChI is InChI=1S/C14H23N3O4/c1-5-6-7-8-10-15-9-11(17(10)13(19)20)16-12(18)21-14(2,3)4/h9H,5-8H2,1-4H3,(H,16,18)(H,19,20). The quantitative estimate of drug-likeness (QED) is 0.811. The van der Waals surface area contributed by atoms with Gasteiger partial charge in [0.2, 0.25) is 0 Å². The Morgan fingerprint density at radius 1 is 1.38 bits per heavy atom. The van der Waals surface area contributed by atoms with Crippen LogP contribution in [-0.2, 0) is 11.2 Å². The molecule has 0 aliphatic carbocycles. The van der Waals surface area contributed by atoms with E-state index < -0.39 is 17.8 Å². The molecule has 1 aromatic rings. The second kappa shape index (κ2) is 7.10. The number of carbonyl (C=O) groups excluding carboxylic acids is 1. The van der Waals surface area contributed by atoms with Crippen LogP contribution in [0.1, 0.15) is 52.8 Å². The molecule has 2 N–H and O–H groups in total. The molecule has 1 amide bonds. The molecule has 0 fully saturated rings. The number of nitrogens with zero attached hydrogens (tertiary/aromatic N) is 2. The maximum atomic E-state index is 11.7. The summed E-state index contributed by atoms with van der Waals surface area (Å²) >= 11 is 0. The minimum absolute atomic E-state index is 0.100. The largest absolute Gasteiger partial charge is 0.464 e. The fraction of sp³-hybridized carbons (Fsp3) is 0.643. The van der Waals surface area contributed by atoms with Crippen LogP contribution >= 0.6 is 0 Å². The van der Waals surface area contributed by atoms with Crippen molar-refractivity contribution in [3.8, 4) is 0 Å². The highest BCUT2D eigenvalue weighted by Crippen LogP contribution is 2.16. The smallest absolute Gasteiger partial charge is 0.418 e. The SMILES string of the molecule is CCCCCc1ncc(NC(=O)OC(C)(C)C)n1C(=O)O. The highest BCUT2D eigenvalue weighted by molar-refractivity contribution is 5.86. The van der Waals surface area contributed by atoms with Crippen molar-refractivity contribution in [2.75, 3.05) is 5.32 Å². The van der Waals surface area contributed by atoms with Gasteiger partial charge in [-0.2, -0.15) is 0 Å². The number of aromatic nitrogens is 2. The molecule has 1 rings (SSSR count). The van der Waals surface area contributed by atoms with Gasteiger partial charge in [-0.15, -0.1) is 0 Å². The Hall–Kier alpha value is -2.05. The number of ether oxygens (including phenoxy) is 1. The fourth-order valence-electron chi connectivity index (χ4n) is 1.81. The Morgan fingerprint density at radius 3 is 2.57 bits per heavy atom. The highest BCUT2D eigenvalue weighted by atomic mass is 16.6. The average Bonchev–Trinajstić information content (AvgIpc) is 2.69. The number of aryl methyl sites for hydroxylation is 1. The molecule has 7 heteroatoms. The molecular weight excluding hydrogens is 274 g/mol. The molecule has 0 aliphatic rings. The number of hydrogen-bond donors (Lipinski definition) is 2. The molecule has 0 aromatic carbocycles. The van der Waals surface area contributed by atoms with Crippen molar-refractivity contribution < 1.29 is 19.4 Å². The average molecular weight is 297 g/mol. The second-order valence-electron chi connectivity index (χ2n) is 5.76. The van der Waals surface area contributed by atoms with Crippen LogP contribution in [0.5, 0.6) is 0 Å². The number of anilines is 1. The summed E-state index contributed by atoms with van der Waals surface area (Å²) in [5.74, 6) is 0.519. The summed E-state index contributed by atoms with van der Waals surface area (Å²) in [6, 6.07) is 0. The van der Waals surface area contributed by atoms with Crippen LogP contribution in [-0.4, -0.2) is 32.4 Å². The van der Waals surface area contributed by atoms with E-state index in [2.05, 4.69) is 17.2 Å². The lowest BCUT2D eigenvalue weighted by molar-refractivity contribution is 0.0635. The number of nitrogens with one attached hydrogen (secondary N) is 1. The van der Waals surface area contributed by atoms with E-state index in [1.54, 1.807) is 20.8 Å². The van der Waals surface area contributed by atoms with Crippen molar-refractivity contribution in [2.45, 2.75) is 59.0 Å². The number of amides is 1. The lowest BCUT2D eigenvalue weighted by Crippen LogP contribution is -2.28. The Morgan fingerprint density at radius 2 is 2.05 bits per heavy atom. The second-order valence-corrected chi connectivity index (χ2v) is 5.76. The van der Waals surface area contributed by atoms with E-state index in [1.807, 2.05) is 0 Å². The third kappa shape index (κ3) is 5.45. The molecule has 7 nitrogen and oxygen atoms in total. The van der Waals surface area contributed by atoms with Gasteiger partial charge in [-0.05, 0) is 27.2 Å². The van der Waals surface area contributed by atoms with Gasteiger partial charge in [0.15, 0.2) is 0 Å². The van der Waals surface area contributed by atoms with Gasteiger partial charge in [-0.3, -0.25) is 5.32 Å². The Bertz CT molecular complexity index is 503. The van der Waals surface area contributed by atoms with Crippen LogP contribution in [0.25, 0.3) is 0 Å². The van der Waals surface area contributed by atoms with Crippen molar-refractivity contribution in [3.63, 3.8) is 0 Å². The van der Waals surface area contributed by atoms with Crippen molar-refractivity contribution in [1.82, 2.24) is 9.55 Å². The number of hydrogen-bond acceptors (Lipinski definition) is 4. The molecule has 0 spiro atoms. The minimum atomic E-state index is -1.18. The zero-order chi connectivity index (χ0) is 16.0. The van der Waals surface area contributed by atoms with Gasteiger partial charge < -0.3 is 9.84 Å². The van der Waals surface area contributed by atoms with Crippen LogP contribution in [0.15, 0.2) is 6.20 Å². The summed E-state index contributed by atoms with van der Waals surface area (Å²) in [5.41, 5.74) is -0.651. The van der Waals surface area contributed by atoms with E-state index in [-0.39, 0.29) is 5.82 Å². The third-order valence-corrected chi connectivity index (χ3v) is 2.66. The van der Waals surface area contributed by atoms with E-state index in [4.69, 9.17) is 4.74 Å². The molecule has 0 aliphatic heterocycles. The summed E-state index contributed by atoms with van der Waals surface area (Å²) < 4.78 is 6.09. The van der Waals surface area contributed by atoms with Gasteiger partial charge in [0.25, 0.3) is 0 Å². The third-order valence-electron chi connectivity index (χ3n) is 2.66. The first-order valence-corrected chi connectivity index (χ1v) is 7.04. The summed E-state index contributed by atoms with van der Waals surface area (Å²) in [6.45, 7) is 7.27. The molecule has 0 bridgehead atoms. The number of unbranched alkanes of at least 4 members (excludes halogenated alkanes) is 2. The normalized spacial score (nSPS) is 11.2. The van der Waals surface area contributed by atoms with Gasteiger partial charge in [-0.25, -0.2) is 19.1 Å². The van der Waals surface area contributed by atoms with Gasteiger partial charge in [-0.1, -0.05) is 19.8 Å². The summed E-state index contributed by atoms with van der Waals surface area (Å²) in [7, 11) is 0. The Labute approximate surface area is 124 Å². The van der Waals surface area contributed by atoms with E-state index in [1.165, 1.54) is 6.20 Å². The minimum Gasteiger partial charge on any atom is -0.464 e. The predicted octanol–water partition coefficient (Wildman–Crippen LogP) is 3.49. The first kappa shape index (κ1) is 17.0. The van der Waals surface area contributed by atoms with Crippen LogP contribution < -0.4 is 5.32 Å². The summed E-state index contributed by atoms with van der Waals surface area (Å²) in [6.07, 6.45) is 2.90. The maximum absolute atomic E-state index is 11.7. The number of carbonyl (C=O) groups is 2. The first-order valence-electron chi connectivity index (χ1n) is 7.04. The Balaban J connectivity index is 2.83. The van der Waals surface area contributed by atoms with Crippen molar-refractivity contribution in [2.24, 2.45) is 0 Å². The topological polar surface area (TPSA) is 93.5 Å². The zero-order valence-corrected chi connectivity index (χ0v) is 13.0. The molecule has 0 unspecified atom stereocenters. The summed E-state index contributed by atoms with van der Waals surface area (Å²) in [4.78, 5) is 27.1. The van der Waals surface area contributed by atoms with Gasteiger partial charge >= 0.3 is 12.2 Å². The molecule has 118 valence electrons.